The Bertz CT molecular complexity index is 887. The molecule has 4 rings (SSSR count). The van der Waals surface area contributed by atoms with Crippen LogP contribution in [0, 0.1) is 23.2 Å². The van der Waals surface area contributed by atoms with Gasteiger partial charge in [0, 0.05) is 5.92 Å². The molecule has 0 spiro atoms. The molecule has 0 bridgehead atoms. The fraction of sp³-hybridized carbons (Fsp3) is 0.273. The van der Waals surface area contributed by atoms with Crippen molar-refractivity contribution in [3.63, 3.8) is 0 Å². The minimum Gasteiger partial charge on any atom is -0.478 e. The highest BCUT2D eigenvalue weighted by molar-refractivity contribution is 5.88. The van der Waals surface area contributed by atoms with E-state index in [2.05, 4.69) is 24.3 Å². The molecule has 1 aromatic rings. The van der Waals surface area contributed by atoms with Crippen LogP contribution in [0.15, 0.2) is 65.3 Å². The molecule has 0 heterocycles. The van der Waals surface area contributed by atoms with Gasteiger partial charge in [-0.25, -0.2) is 4.79 Å². The molecule has 3 aliphatic rings. The summed E-state index contributed by atoms with van der Waals surface area (Å²) in [6, 6.07) is 9.31. The van der Waals surface area contributed by atoms with Crippen molar-refractivity contribution in [2.45, 2.75) is 25.7 Å². The number of benzene rings is 1. The first-order valence-electron chi connectivity index (χ1n) is 8.74. The minimum atomic E-state index is -0.921. The number of nitrogens with zero attached hydrogens (tertiary/aromatic N) is 1. The Morgan fingerprint density at radius 1 is 1.12 bits per heavy atom. The number of carbonyl (C=O) groups is 1. The van der Waals surface area contributed by atoms with Crippen molar-refractivity contribution in [1.29, 1.82) is 5.26 Å². The second kappa shape index (κ2) is 6.22. The lowest BCUT2D eigenvalue weighted by Gasteiger charge is -2.19. The van der Waals surface area contributed by atoms with Gasteiger partial charge in [0.2, 0.25) is 0 Å². The average molecular weight is 329 g/mol. The minimum absolute atomic E-state index is 0.283. The predicted octanol–water partition coefficient (Wildman–Crippen LogP) is 4.90. The number of allylic oxidation sites excluding steroid dienone is 8. The Hall–Kier alpha value is -2.86. The maximum atomic E-state index is 11.0. The molecule has 1 fully saturated rings. The lowest BCUT2D eigenvalue weighted by atomic mass is 9.85. The molecular weight excluding hydrogens is 310 g/mol. The van der Waals surface area contributed by atoms with Crippen LogP contribution in [0.5, 0.6) is 0 Å². The first kappa shape index (κ1) is 15.7. The standard InChI is InChI=1S/C22H19NO2/c23-13-20-11-18(14-3-7-17(8-4-14)22(24)25)9-5-16-6-10-19(12-21(16)20)15-1-2-15/h3-4,6-8,10-12,15-16H,1-2,5,9H2,(H,24,25). The van der Waals surface area contributed by atoms with E-state index in [1.807, 2.05) is 18.2 Å². The van der Waals surface area contributed by atoms with Crippen molar-refractivity contribution in [2.75, 3.05) is 0 Å². The van der Waals surface area contributed by atoms with Gasteiger partial charge in [-0.05, 0) is 72.1 Å². The second-order valence-corrected chi connectivity index (χ2v) is 6.96. The molecule has 0 radical (unpaired) electrons. The van der Waals surface area contributed by atoms with E-state index < -0.39 is 5.97 Å². The van der Waals surface area contributed by atoms with Gasteiger partial charge < -0.3 is 5.11 Å². The first-order chi connectivity index (χ1) is 12.2. The Labute approximate surface area is 147 Å². The molecule has 3 aliphatic carbocycles. The summed E-state index contributed by atoms with van der Waals surface area (Å²) in [4.78, 5) is 11.0. The fourth-order valence-corrected chi connectivity index (χ4v) is 3.66. The number of carboxylic acid groups (broad SMARTS) is 1. The highest BCUT2D eigenvalue weighted by Crippen LogP contribution is 2.43. The Morgan fingerprint density at radius 2 is 1.88 bits per heavy atom. The molecule has 3 nitrogen and oxygen atoms in total. The molecular formula is C22H19NO2. The first-order valence-corrected chi connectivity index (χ1v) is 8.74. The molecule has 0 saturated heterocycles. The summed E-state index contributed by atoms with van der Waals surface area (Å²) in [5.41, 5.74) is 5.62. The topological polar surface area (TPSA) is 61.1 Å². The summed E-state index contributed by atoms with van der Waals surface area (Å²) in [5.74, 6) is 0.0548. The zero-order valence-corrected chi connectivity index (χ0v) is 13.9. The number of fused-ring (bicyclic) bond motifs is 1. The molecule has 0 aliphatic heterocycles. The van der Waals surface area contributed by atoms with Crippen molar-refractivity contribution < 1.29 is 9.90 Å². The van der Waals surface area contributed by atoms with E-state index in [0.717, 1.165) is 35.1 Å². The van der Waals surface area contributed by atoms with Crippen LogP contribution in [0.25, 0.3) is 5.57 Å². The van der Waals surface area contributed by atoms with Crippen LogP contribution in [0.4, 0.5) is 0 Å². The predicted molar refractivity (Wildman–Crippen MR) is 96.7 cm³/mol. The summed E-state index contributed by atoms with van der Waals surface area (Å²) in [7, 11) is 0. The lowest BCUT2D eigenvalue weighted by molar-refractivity contribution is 0.0697. The van der Waals surface area contributed by atoms with Crippen molar-refractivity contribution >= 4 is 11.5 Å². The number of rotatable bonds is 3. The molecule has 3 heteroatoms. The lowest BCUT2D eigenvalue weighted by Crippen LogP contribution is -2.05. The van der Waals surface area contributed by atoms with Crippen LogP contribution in [0.3, 0.4) is 0 Å². The average Bonchev–Trinajstić information content (AvgIpc) is 3.48. The molecule has 1 saturated carbocycles. The smallest absolute Gasteiger partial charge is 0.335 e. The number of nitriles is 1. The molecule has 0 amide bonds. The van der Waals surface area contributed by atoms with Crippen LogP contribution >= 0.6 is 0 Å². The van der Waals surface area contributed by atoms with Gasteiger partial charge in [0.15, 0.2) is 0 Å². The van der Waals surface area contributed by atoms with Crippen LogP contribution in [-0.2, 0) is 0 Å². The molecule has 0 aromatic heterocycles. The van der Waals surface area contributed by atoms with Crippen LogP contribution in [0.1, 0.15) is 41.6 Å². The third-order valence-electron chi connectivity index (χ3n) is 5.27. The van der Waals surface area contributed by atoms with Gasteiger partial charge in [0.1, 0.15) is 0 Å². The van der Waals surface area contributed by atoms with E-state index in [4.69, 9.17) is 5.11 Å². The van der Waals surface area contributed by atoms with Gasteiger partial charge in [-0.3, -0.25) is 0 Å². The van der Waals surface area contributed by atoms with Crippen molar-refractivity contribution in [3.8, 4) is 6.07 Å². The highest BCUT2D eigenvalue weighted by atomic mass is 16.4. The summed E-state index contributed by atoms with van der Waals surface area (Å²) in [6.07, 6.45) is 13.1. The summed E-state index contributed by atoms with van der Waals surface area (Å²) < 4.78 is 0. The summed E-state index contributed by atoms with van der Waals surface area (Å²) in [6.45, 7) is 0. The number of hydrogen-bond acceptors (Lipinski definition) is 2. The molecule has 25 heavy (non-hydrogen) atoms. The van der Waals surface area contributed by atoms with Crippen LogP contribution < -0.4 is 0 Å². The third kappa shape index (κ3) is 3.08. The summed E-state index contributed by atoms with van der Waals surface area (Å²) in [5, 5.41) is 18.7. The Balaban J connectivity index is 1.71. The number of carboxylic acids is 1. The molecule has 1 aromatic carbocycles. The van der Waals surface area contributed by atoms with Gasteiger partial charge in [0.25, 0.3) is 0 Å². The highest BCUT2D eigenvalue weighted by Gasteiger charge is 2.29. The normalized spacial score (nSPS) is 22.4. The molecule has 1 atom stereocenters. The van der Waals surface area contributed by atoms with E-state index in [0.29, 0.717) is 11.8 Å². The van der Waals surface area contributed by atoms with Crippen molar-refractivity contribution in [3.05, 3.63) is 76.4 Å². The van der Waals surface area contributed by atoms with E-state index in [1.54, 1.807) is 12.1 Å². The van der Waals surface area contributed by atoms with Gasteiger partial charge in [-0.15, -0.1) is 0 Å². The van der Waals surface area contributed by atoms with Crippen LogP contribution in [0.2, 0.25) is 0 Å². The molecule has 1 N–H and O–H groups in total. The largest absolute Gasteiger partial charge is 0.478 e. The third-order valence-corrected chi connectivity index (χ3v) is 5.27. The maximum Gasteiger partial charge on any atom is 0.335 e. The fourth-order valence-electron chi connectivity index (χ4n) is 3.66. The van der Waals surface area contributed by atoms with Gasteiger partial charge in [-0.2, -0.15) is 5.26 Å². The SMILES string of the molecule is N#CC1=C2C=C(C3CC3)C=CC2CCC(c2ccc(C(=O)O)cc2)=C1. The van der Waals surface area contributed by atoms with Gasteiger partial charge >= 0.3 is 5.97 Å². The maximum absolute atomic E-state index is 11.0. The van der Waals surface area contributed by atoms with Gasteiger partial charge in [0.05, 0.1) is 17.2 Å². The summed E-state index contributed by atoms with van der Waals surface area (Å²) >= 11 is 0. The van der Waals surface area contributed by atoms with E-state index in [9.17, 15) is 10.1 Å². The van der Waals surface area contributed by atoms with E-state index in [1.165, 1.54) is 18.4 Å². The molecule has 1 unspecified atom stereocenters. The quantitative estimate of drug-likeness (QED) is 0.857. The second-order valence-electron chi connectivity index (χ2n) is 6.96. The Morgan fingerprint density at radius 3 is 2.52 bits per heavy atom. The zero-order chi connectivity index (χ0) is 17.4. The van der Waals surface area contributed by atoms with E-state index in [-0.39, 0.29) is 5.56 Å². The zero-order valence-electron chi connectivity index (χ0n) is 13.9. The van der Waals surface area contributed by atoms with E-state index >= 15 is 0 Å². The van der Waals surface area contributed by atoms with Crippen molar-refractivity contribution in [1.82, 2.24) is 0 Å². The monoisotopic (exact) mass is 329 g/mol. The van der Waals surface area contributed by atoms with Crippen molar-refractivity contribution in [2.24, 2.45) is 11.8 Å². The number of hydrogen-bond donors (Lipinski definition) is 1. The van der Waals surface area contributed by atoms with Gasteiger partial charge in [-0.1, -0.05) is 30.4 Å². The van der Waals surface area contributed by atoms with Crippen LogP contribution in [-0.4, -0.2) is 11.1 Å². The molecule has 124 valence electrons. The Kier molecular flexibility index (Phi) is 3.89. The number of aromatic carboxylic acids is 1.